The normalized spacial score (nSPS) is 19.8. The molecule has 1 unspecified atom stereocenters. The third kappa shape index (κ3) is 9.15. The number of hydrogen-bond donors (Lipinski definition) is 1. The third-order valence-electron chi connectivity index (χ3n) is 7.60. The van der Waals surface area contributed by atoms with Crippen LogP contribution in [0.4, 0.5) is 0 Å². The van der Waals surface area contributed by atoms with Crippen LogP contribution in [0.3, 0.4) is 0 Å². The zero-order valence-corrected chi connectivity index (χ0v) is 23.0. The molecule has 1 saturated heterocycles. The van der Waals surface area contributed by atoms with Gasteiger partial charge in [-0.3, -0.25) is 4.79 Å². The van der Waals surface area contributed by atoms with E-state index in [1.165, 1.54) is 51.4 Å². The van der Waals surface area contributed by atoms with E-state index in [4.69, 9.17) is 9.47 Å². The number of amides is 1. The van der Waals surface area contributed by atoms with Gasteiger partial charge in [-0.15, -0.1) is 0 Å². The monoisotopic (exact) mass is 509 g/mol. The first-order chi connectivity index (χ1) is 18.1. The van der Waals surface area contributed by atoms with Gasteiger partial charge in [0.2, 0.25) is 5.91 Å². The number of rotatable bonds is 17. The molecule has 1 amide bonds. The number of hydrogen-bond acceptors (Lipinski definition) is 4. The molecule has 1 aliphatic heterocycles. The number of carbonyl (C=O) groups excluding carboxylic acids is 1. The van der Waals surface area contributed by atoms with Crippen LogP contribution in [0.1, 0.15) is 102 Å². The van der Waals surface area contributed by atoms with Gasteiger partial charge in [0.1, 0.15) is 11.9 Å². The average Bonchev–Trinajstić information content (AvgIpc) is 2.92. The summed E-state index contributed by atoms with van der Waals surface area (Å²) in [5.74, 6) is 0.767. The average molecular weight is 510 g/mol. The molecule has 2 aromatic rings. The summed E-state index contributed by atoms with van der Waals surface area (Å²) in [6, 6.07) is 17.8. The van der Waals surface area contributed by atoms with Crippen molar-refractivity contribution in [2.45, 2.75) is 115 Å². The van der Waals surface area contributed by atoms with E-state index >= 15 is 0 Å². The number of piperidine rings is 1. The van der Waals surface area contributed by atoms with Crippen LogP contribution in [0.5, 0.6) is 5.75 Å². The van der Waals surface area contributed by atoms with Gasteiger partial charge in [-0.2, -0.15) is 0 Å². The Morgan fingerprint density at radius 1 is 0.865 bits per heavy atom. The van der Waals surface area contributed by atoms with Crippen LogP contribution in [0.15, 0.2) is 54.6 Å². The van der Waals surface area contributed by atoms with Crippen LogP contribution >= 0.6 is 0 Å². The van der Waals surface area contributed by atoms with Crippen LogP contribution in [0, 0.1) is 0 Å². The number of methoxy groups -OCH3 is 1. The summed E-state index contributed by atoms with van der Waals surface area (Å²) < 4.78 is 11.6. The van der Waals surface area contributed by atoms with Crippen molar-refractivity contribution < 1.29 is 19.4 Å². The van der Waals surface area contributed by atoms with E-state index in [0.29, 0.717) is 32.4 Å². The molecule has 37 heavy (non-hydrogen) atoms. The van der Waals surface area contributed by atoms with Gasteiger partial charge in [-0.05, 0) is 42.5 Å². The highest BCUT2D eigenvalue weighted by atomic mass is 16.5. The molecule has 0 aliphatic carbocycles. The second-order valence-corrected chi connectivity index (χ2v) is 10.5. The van der Waals surface area contributed by atoms with Gasteiger partial charge in [0.25, 0.3) is 0 Å². The smallest absolute Gasteiger partial charge is 0.225 e. The molecule has 2 atom stereocenters. The van der Waals surface area contributed by atoms with Gasteiger partial charge in [-0.1, -0.05) is 107 Å². The summed E-state index contributed by atoms with van der Waals surface area (Å²) in [6.07, 6.45) is 13.3. The lowest BCUT2D eigenvalue weighted by molar-refractivity contribution is -0.225. The lowest BCUT2D eigenvalue weighted by Gasteiger charge is -2.48. The minimum Gasteiger partial charge on any atom is -0.497 e. The van der Waals surface area contributed by atoms with Gasteiger partial charge < -0.3 is 19.5 Å². The maximum Gasteiger partial charge on any atom is 0.225 e. The Morgan fingerprint density at radius 3 is 2.11 bits per heavy atom. The Bertz CT molecular complexity index is 901. The Balaban J connectivity index is 1.61. The molecule has 204 valence electrons. The minimum atomic E-state index is -1.32. The molecule has 1 aliphatic rings. The maximum atomic E-state index is 13.1. The molecule has 0 radical (unpaired) electrons. The van der Waals surface area contributed by atoms with E-state index in [0.717, 1.165) is 29.7 Å². The van der Waals surface area contributed by atoms with Crippen LogP contribution in [-0.4, -0.2) is 34.9 Å². The second kappa shape index (κ2) is 15.8. The number of nitrogens with zero attached hydrogens (tertiary/aromatic N) is 1. The zero-order valence-electron chi connectivity index (χ0n) is 23.0. The van der Waals surface area contributed by atoms with Crippen molar-refractivity contribution in [2.75, 3.05) is 7.11 Å². The van der Waals surface area contributed by atoms with Gasteiger partial charge in [0, 0.05) is 13.0 Å². The van der Waals surface area contributed by atoms with E-state index < -0.39 is 11.8 Å². The number of unbranched alkanes of at least 4 members (excludes halogenated alkanes) is 9. The predicted octanol–water partition coefficient (Wildman–Crippen LogP) is 7.40. The predicted molar refractivity (Wildman–Crippen MR) is 149 cm³/mol. The van der Waals surface area contributed by atoms with Crippen molar-refractivity contribution in [1.82, 2.24) is 4.90 Å². The number of ether oxygens (including phenoxy) is 2. The summed E-state index contributed by atoms with van der Waals surface area (Å²) >= 11 is 0. The summed E-state index contributed by atoms with van der Waals surface area (Å²) in [6.45, 7) is 3.04. The van der Waals surface area contributed by atoms with Crippen molar-refractivity contribution in [2.24, 2.45) is 0 Å². The molecule has 1 heterocycles. The van der Waals surface area contributed by atoms with Crippen molar-refractivity contribution >= 4 is 5.91 Å². The van der Waals surface area contributed by atoms with Crippen molar-refractivity contribution in [1.29, 1.82) is 0 Å². The molecular weight excluding hydrogens is 462 g/mol. The molecule has 0 aromatic heterocycles. The van der Waals surface area contributed by atoms with Gasteiger partial charge >= 0.3 is 0 Å². The fraction of sp³-hybridized carbons (Fsp3) is 0.594. The summed E-state index contributed by atoms with van der Waals surface area (Å²) in [5, 5.41) is 12.1. The molecule has 5 nitrogen and oxygen atoms in total. The van der Waals surface area contributed by atoms with Gasteiger partial charge in [0.15, 0.2) is 5.72 Å². The highest BCUT2D eigenvalue weighted by Crippen LogP contribution is 2.36. The molecule has 2 aromatic carbocycles. The molecule has 0 spiro atoms. The van der Waals surface area contributed by atoms with Crippen LogP contribution < -0.4 is 4.74 Å². The Morgan fingerprint density at radius 2 is 1.49 bits per heavy atom. The number of benzene rings is 2. The second-order valence-electron chi connectivity index (χ2n) is 10.5. The minimum absolute atomic E-state index is 0.00930. The largest absolute Gasteiger partial charge is 0.497 e. The standard InChI is InChI=1S/C32H47NO4/c1-3-4-5-6-7-8-9-10-11-15-24-32(35)30(37-26-28-16-13-12-14-17-28)22-23-31(34)33(32)25-27-18-20-29(36-2)21-19-27/h12-14,16-21,30,35H,3-11,15,22-26H2,1-2H3/t30-,32?/m0/s1. The molecule has 1 N–H and O–H groups in total. The van der Waals surface area contributed by atoms with Crippen molar-refractivity contribution in [3.05, 3.63) is 65.7 Å². The fourth-order valence-corrected chi connectivity index (χ4v) is 5.31. The Kier molecular flexibility index (Phi) is 12.5. The van der Waals surface area contributed by atoms with Crippen LogP contribution in [0.25, 0.3) is 0 Å². The first kappa shape index (κ1) is 29.2. The molecule has 0 bridgehead atoms. The zero-order chi connectivity index (χ0) is 26.3. The highest BCUT2D eigenvalue weighted by Gasteiger charge is 2.48. The number of likely N-dealkylation sites (tertiary alicyclic amines) is 1. The fourth-order valence-electron chi connectivity index (χ4n) is 5.31. The molecule has 3 rings (SSSR count). The number of carbonyl (C=O) groups is 1. The Labute approximate surface area is 224 Å². The van der Waals surface area contributed by atoms with Crippen molar-refractivity contribution in [3.8, 4) is 5.75 Å². The van der Waals surface area contributed by atoms with Gasteiger partial charge in [-0.25, -0.2) is 0 Å². The van der Waals surface area contributed by atoms with E-state index in [1.807, 2.05) is 54.6 Å². The maximum absolute atomic E-state index is 13.1. The van der Waals surface area contributed by atoms with E-state index in [9.17, 15) is 9.90 Å². The topological polar surface area (TPSA) is 59.0 Å². The quantitative estimate of drug-likeness (QED) is 0.226. The summed E-state index contributed by atoms with van der Waals surface area (Å²) in [5.41, 5.74) is 0.728. The lowest BCUT2D eigenvalue weighted by Crippen LogP contribution is -2.62. The highest BCUT2D eigenvalue weighted by molar-refractivity contribution is 5.78. The molecule has 0 saturated carbocycles. The molecule has 1 fully saturated rings. The summed E-state index contributed by atoms with van der Waals surface area (Å²) in [4.78, 5) is 14.8. The van der Waals surface area contributed by atoms with Crippen LogP contribution in [-0.2, 0) is 22.7 Å². The third-order valence-corrected chi connectivity index (χ3v) is 7.60. The molecular formula is C32H47NO4. The van der Waals surface area contributed by atoms with E-state index in [1.54, 1.807) is 12.0 Å². The Hall–Kier alpha value is -2.37. The van der Waals surface area contributed by atoms with Crippen LogP contribution in [0.2, 0.25) is 0 Å². The molecule has 5 heteroatoms. The van der Waals surface area contributed by atoms with Crippen molar-refractivity contribution in [3.63, 3.8) is 0 Å². The SMILES string of the molecule is CCCCCCCCCCCCC1(O)[C@@H](OCc2ccccc2)CCC(=O)N1Cc1ccc(OC)cc1. The lowest BCUT2D eigenvalue weighted by atomic mass is 9.88. The first-order valence-electron chi connectivity index (χ1n) is 14.4. The number of aliphatic hydroxyl groups is 1. The van der Waals surface area contributed by atoms with Gasteiger partial charge in [0.05, 0.1) is 13.7 Å². The first-order valence-corrected chi connectivity index (χ1v) is 14.4. The van der Waals surface area contributed by atoms with E-state index in [-0.39, 0.29) is 5.91 Å². The summed E-state index contributed by atoms with van der Waals surface area (Å²) in [7, 11) is 1.64. The van der Waals surface area contributed by atoms with E-state index in [2.05, 4.69) is 6.92 Å².